The predicted molar refractivity (Wildman–Crippen MR) is 113 cm³/mol. The number of hydrogen-bond acceptors (Lipinski definition) is 2. The van der Waals surface area contributed by atoms with Crippen molar-refractivity contribution in [3.8, 4) is 0 Å². The van der Waals surface area contributed by atoms with Crippen molar-refractivity contribution in [1.29, 1.82) is 0 Å². The summed E-state index contributed by atoms with van der Waals surface area (Å²) < 4.78 is 5.59. The summed E-state index contributed by atoms with van der Waals surface area (Å²) in [5.41, 5.74) is -0.402. The Morgan fingerprint density at radius 1 is 0.960 bits per heavy atom. The van der Waals surface area contributed by atoms with E-state index in [4.69, 9.17) is 4.74 Å². The minimum atomic E-state index is -0.352. The molecule has 0 unspecified atom stereocenters. The molecule has 0 saturated carbocycles. The van der Waals surface area contributed by atoms with Gasteiger partial charge in [0, 0.05) is 17.6 Å². The van der Waals surface area contributed by atoms with Gasteiger partial charge in [-0.1, -0.05) is 68.7 Å². The first-order chi connectivity index (χ1) is 11.3. The van der Waals surface area contributed by atoms with E-state index in [-0.39, 0.29) is 28.4 Å². The molecule has 0 aliphatic rings. The summed E-state index contributed by atoms with van der Waals surface area (Å²) in [6.07, 6.45) is 3.03. The SMILES string of the molecule is CC.CC.CCC(C)(C)CC(C)(C)C(=O)NC(C)(C)CCOC(C)C. The van der Waals surface area contributed by atoms with Gasteiger partial charge in [0.25, 0.3) is 0 Å². The van der Waals surface area contributed by atoms with Crippen LogP contribution in [0.1, 0.15) is 109 Å². The topological polar surface area (TPSA) is 38.3 Å². The van der Waals surface area contributed by atoms with Gasteiger partial charge in [-0.2, -0.15) is 0 Å². The second-order valence-corrected chi connectivity index (χ2v) is 8.59. The number of rotatable bonds is 9. The molecule has 0 rings (SSSR count). The van der Waals surface area contributed by atoms with Gasteiger partial charge in [-0.05, 0) is 46.0 Å². The van der Waals surface area contributed by atoms with E-state index >= 15 is 0 Å². The van der Waals surface area contributed by atoms with E-state index < -0.39 is 0 Å². The average Bonchev–Trinajstić information content (AvgIpc) is 2.49. The monoisotopic (exact) mass is 359 g/mol. The van der Waals surface area contributed by atoms with Crippen LogP contribution < -0.4 is 5.32 Å². The van der Waals surface area contributed by atoms with E-state index in [2.05, 4.69) is 39.9 Å². The van der Waals surface area contributed by atoms with Crippen LogP contribution in [0.3, 0.4) is 0 Å². The van der Waals surface area contributed by atoms with Gasteiger partial charge in [0.15, 0.2) is 0 Å². The van der Waals surface area contributed by atoms with Crippen LogP contribution in [0, 0.1) is 10.8 Å². The third kappa shape index (κ3) is 15.4. The Kier molecular flexibility index (Phi) is 15.9. The van der Waals surface area contributed by atoms with Gasteiger partial charge >= 0.3 is 0 Å². The summed E-state index contributed by atoms with van der Waals surface area (Å²) in [7, 11) is 0. The number of hydrogen-bond donors (Lipinski definition) is 1. The van der Waals surface area contributed by atoms with Gasteiger partial charge in [-0.3, -0.25) is 4.79 Å². The molecule has 0 aliphatic carbocycles. The van der Waals surface area contributed by atoms with E-state index in [1.165, 1.54) is 0 Å². The van der Waals surface area contributed by atoms with Crippen molar-refractivity contribution in [2.75, 3.05) is 6.61 Å². The smallest absolute Gasteiger partial charge is 0.226 e. The largest absolute Gasteiger partial charge is 0.379 e. The van der Waals surface area contributed by atoms with Gasteiger partial charge in [0.05, 0.1) is 6.10 Å². The van der Waals surface area contributed by atoms with Gasteiger partial charge in [0.2, 0.25) is 5.91 Å². The van der Waals surface area contributed by atoms with Crippen LogP contribution >= 0.6 is 0 Å². The highest BCUT2D eigenvalue weighted by molar-refractivity contribution is 5.82. The number of amides is 1. The Hall–Kier alpha value is -0.570. The Bertz CT molecular complexity index is 331. The van der Waals surface area contributed by atoms with Crippen LogP contribution in [-0.4, -0.2) is 24.2 Å². The summed E-state index contributed by atoms with van der Waals surface area (Å²) >= 11 is 0. The predicted octanol–water partition coefficient (Wildman–Crippen LogP) is 6.60. The highest BCUT2D eigenvalue weighted by Gasteiger charge is 2.36. The van der Waals surface area contributed by atoms with Crippen molar-refractivity contribution >= 4 is 5.91 Å². The van der Waals surface area contributed by atoms with Crippen LogP contribution in [0.25, 0.3) is 0 Å². The Morgan fingerprint density at radius 2 is 1.40 bits per heavy atom. The first-order valence-corrected chi connectivity index (χ1v) is 10.3. The molecule has 0 fully saturated rings. The molecule has 0 aromatic rings. The molecule has 0 atom stereocenters. The zero-order valence-corrected chi connectivity index (χ0v) is 19.7. The van der Waals surface area contributed by atoms with Gasteiger partial charge in [0.1, 0.15) is 0 Å². The maximum atomic E-state index is 12.6. The summed E-state index contributed by atoms with van der Waals surface area (Å²) in [6, 6.07) is 0. The quantitative estimate of drug-likeness (QED) is 0.503. The fraction of sp³-hybridized carbons (Fsp3) is 0.955. The molecule has 0 aromatic carbocycles. The molecule has 3 heteroatoms. The molecule has 1 amide bonds. The molecular formula is C22H49NO2. The number of ether oxygens (including phenoxy) is 1. The molecule has 3 nitrogen and oxygen atoms in total. The van der Waals surface area contributed by atoms with Gasteiger partial charge < -0.3 is 10.1 Å². The van der Waals surface area contributed by atoms with Crippen molar-refractivity contribution in [3.05, 3.63) is 0 Å². The van der Waals surface area contributed by atoms with Crippen molar-refractivity contribution in [3.63, 3.8) is 0 Å². The number of carbonyl (C=O) groups excluding carboxylic acids is 1. The zero-order chi connectivity index (χ0) is 20.9. The molecule has 0 aliphatic heterocycles. The lowest BCUT2D eigenvalue weighted by Gasteiger charge is -2.36. The normalized spacial score (nSPS) is 11.9. The molecule has 0 saturated heterocycles. The second-order valence-electron chi connectivity index (χ2n) is 8.59. The summed E-state index contributed by atoms with van der Waals surface area (Å²) in [4.78, 5) is 12.6. The van der Waals surface area contributed by atoms with E-state index in [1.807, 2.05) is 55.4 Å². The second kappa shape index (κ2) is 13.6. The molecule has 0 radical (unpaired) electrons. The van der Waals surface area contributed by atoms with E-state index in [0.717, 1.165) is 19.3 Å². The summed E-state index contributed by atoms with van der Waals surface area (Å²) in [5.74, 6) is 0.138. The maximum absolute atomic E-state index is 12.6. The molecule has 154 valence electrons. The molecular weight excluding hydrogens is 310 g/mol. The summed E-state index contributed by atoms with van der Waals surface area (Å²) in [6.45, 7) is 27.6. The third-order valence-electron chi connectivity index (χ3n) is 4.12. The highest BCUT2D eigenvalue weighted by Crippen LogP contribution is 2.36. The fourth-order valence-electron chi connectivity index (χ4n) is 2.49. The van der Waals surface area contributed by atoms with Crippen LogP contribution in [0.5, 0.6) is 0 Å². The Balaban J connectivity index is -0.00000112. The van der Waals surface area contributed by atoms with Crippen molar-refractivity contribution in [1.82, 2.24) is 5.32 Å². The average molecular weight is 360 g/mol. The van der Waals surface area contributed by atoms with Crippen molar-refractivity contribution < 1.29 is 9.53 Å². The summed E-state index contributed by atoms with van der Waals surface area (Å²) in [5, 5.41) is 3.20. The Morgan fingerprint density at radius 3 is 1.76 bits per heavy atom. The lowest BCUT2D eigenvalue weighted by molar-refractivity contribution is -0.133. The van der Waals surface area contributed by atoms with Crippen molar-refractivity contribution in [2.24, 2.45) is 10.8 Å². The standard InChI is InChI=1S/C18H37NO2.2C2H6/c1-10-16(4,5)13-17(6,7)15(20)19-18(8,9)11-12-21-14(2)3;2*1-2/h14H,10-13H2,1-9H3,(H,19,20);2*1-2H3. The lowest BCUT2D eigenvalue weighted by atomic mass is 9.73. The molecule has 0 aromatic heterocycles. The van der Waals surface area contributed by atoms with Gasteiger partial charge in [-0.15, -0.1) is 0 Å². The first kappa shape index (κ1) is 29.2. The molecule has 0 bridgehead atoms. The highest BCUT2D eigenvalue weighted by atomic mass is 16.5. The molecule has 0 heterocycles. The minimum absolute atomic E-state index is 0.138. The minimum Gasteiger partial charge on any atom is -0.379 e. The Labute approximate surface area is 159 Å². The van der Waals surface area contributed by atoms with Crippen LogP contribution in [-0.2, 0) is 9.53 Å². The van der Waals surface area contributed by atoms with Crippen LogP contribution in [0.2, 0.25) is 0 Å². The van der Waals surface area contributed by atoms with E-state index in [0.29, 0.717) is 6.61 Å². The van der Waals surface area contributed by atoms with Crippen LogP contribution in [0.4, 0.5) is 0 Å². The van der Waals surface area contributed by atoms with Crippen LogP contribution in [0.15, 0.2) is 0 Å². The maximum Gasteiger partial charge on any atom is 0.226 e. The first-order valence-electron chi connectivity index (χ1n) is 10.3. The lowest BCUT2D eigenvalue weighted by Crippen LogP contribution is -2.50. The van der Waals surface area contributed by atoms with Crippen molar-refractivity contribution in [2.45, 2.75) is 121 Å². The third-order valence-corrected chi connectivity index (χ3v) is 4.12. The van der Waals surface area contributed by atoms with E-state index in [9.17, 15) is 4.79 Å². The number of carbonyl (C=O) groups is 1. The van der Waals surface area contributed by atoms with Gasteiger partial charge in [-0.25, -0.2) is 0 Å². The fourth-order valence-corrected chi connectivity index (χ4v) is 2.49. The number of nitrogens with one attached hydrogen (secondary N) is 1. The molecule has 1 N–H and O–H groups in total. The molecule has 0 spiro atoms. The molecule has 25 heavy (non-hydrogen) atoms. The van der Waals surface area contributed by atoms with E-state index in [1.54, 1.807) is 0 Å². The zero-order valence-electron chi connectivity index (χ0n) is 19.7.